The molecule has 396 valence electrons. The largest absolute Gasteiger partial charge is 0.382 e. The molecular weight excluding hydrogens is 1030 g/mol. The summed E-state index contributed by atoms with van der Waals surface area (Å²) in [6.07, 6.45) is -0.180. The van der Waals surface area contributed by atoms with E-state index in [1.54, 1.807) is 21.8 Å². The van der Waals surface area contributed by atoms with Crippen LogP contribution in [-0.4, -0.2) is 117 Å². The number of anilines is 2. The number of hydrogen-bond donors (Lipinski definition) is 9. The van der Waals surface area contributed by atoms with Gasteiger partial charge in [0.05, 0.1) is 31.5 Å². The molecule has 2 aliphatic heterocycles. The first-order chi connectivity index (χ1) is 35.2. The van der Waals surface area contributed by atoms with Crippen molar-refractivity contribution in [3.63, 3.8) is 0 Å². The second-order valence-corrected chi connectivity index (χ2v) is 19.8. The SMILES string of the molecule is Nc1ncnc2c1ncn2C1CCC(CNS(=O)NC(=O)CCC2(O)c3ccccc3C(O)C2(F)F)O1.Nc1ncnc2c1ncn2C1CCC(COS(=O)NC(=O)CCC2(O)c3ccccc3C(O)C2(F)F)O1. The molecular formula is C44H49F4N13O11S2. The summed E-state index contributed by atoms with van der Waals surface area (Å²) in [5.74, 6) is -8.95. The summed E-state index contributed by atoms with van der Waals surface area (Å²) in [5.41, 5.74) is 7.64. The zero-order valence-electron chi connectivity index (χ0n) is 38.7. The van der Waals surface area contributed by atoms with Gasteiger partial charge in [-0.05, 0) is 60.8 Å². The molecule has 2 amide bonds. The lowest BCUT2D eigenvalue weighted by Crippen LogP contribution is -2.45. The molecule has 10 unspecified atom stereocenters. The first kappa shape index (κ1) is 52.6. The number of aliphatic hydroxyl groups excluding tert-OH is 2. The number of benzene rings is 2. The lowest BCUT2D eigenvalue weighted by molar-refractivity contribution is -0.226. The van der Waals surface area contributed by atoms with Crippen molar-refractivity contribution in [2.75, 3.05) is 24.6 Å². The summed E-state index contributed by atoms with van der Waals surface area (Å²) < 4.78 is 111. The maximum absolute atomic E-state index is 14.7. The minimum Gasteiger partial charge on any atom is -0.382 e. The molecule has 30 heteroatoms. The molecule has 0 radical (unpaired) electrons. The molecule has 6 heterocycles. The number of rotatable bonds is 16. The third kappa shape index (κ3) is 9.81. The van der Waals surface area contributed by atoms with Crippen LogP contribution in [-0.2, 0) is 56.9 Å². The lowest BCUT2D eigenvalue weighted by atomic mass is 9.88. The van der Waals surface area contributed by atoms with E-state index in [-0.39, 0.29) is 59.4 Å². The maximum atomic E-state index is 14.7. The summed E-state index contributed by atoms with van der Waals surface area (Å²) in [6.45, 7) is 0.0451. The number of nitrogens with one attached hydrogen (secondary N) is 3. The van der Waals surface area contributed by atoms with Crippen molar-refractivity contribution in [2.24, 2.45) is 0 Å². The molecule has 2 fully saturated rings. The number of nitrogens with zero attached hydrogens (tertiary/aromatic N) is 8. The van der Waals surface area contributed by atoms with Crippen LogP contribution < -0.4 is 25.6 Å². The molecule has 0 spiro atoms. The number of ether oxygens (including phenoxy) is 2. The van der Waals surface area contributed by atoms with Crippen molar-refractivity contribution < 1.29 is 69.7 Å². The fourth-order valence-electron chi connectivity index (χ4n) is 9.51. The Balaban J connectivity index is 0.000000182. The average molecular weight is 1080 g/mol. The topological polar surface area (TPSA) is 352 Å². The van der Waals surface area contributed by atoms with Crippen LogP contribution in [0.15, 0.2) is 73.8 Å². The van der Waals surface area contributed by atoms with Crippen LogP contribution in [0.1, 0.15) is 98.3 Å². The van der Waals surface area contributed by atoms with Gasteiger partial charge in [-0.3, -0.25) is 32.4 Å². The Hall–Kier alpha value is -6.22. The van der Waals surface area contributed by atoms with Gasteiger partial charge in [-0.2, -0.15) is 17.6 Å². The Bertz CT molecular complexity index is 2920. The molecule has 4 aliphatic rings. The van der Waals surface area contributed by atoms with Crippen molar-refractivity contribution in [3.8, 4) is 0 Å². The van der Waals surface area contributed by atoms with E-state index in [0.717, 1.165) is 0 Å². The van der Waals surface area contributed by atoms with Gasteiger partial charge < -0.3 is 41.4 Å². The minimum atomic E-state index is -3.90. The average Bonchev–Trinajstić information content (AvgIpc) is 4.27. The van der Waals surface area contributed by atoms with Gasteiger partial charge in [-0.15, -0.1) is 0 Å². The van der Waals surface area contributed by atoms with Gasteiger partial charge in [0.1, 0.15) is 48.4 Å². The van der Waals surface area contributed by atoms with Crippen molar-refractivity contribution >= 4 is 68.2 Å². The van der Waals surface area contributed by atoms with E-state index in [1.165, 1.54) is 61.2 Å². The van der Waals surface area contributed by atoms with Crippen LogP contribution >= 0.6 is 0 Å². The Morgan fingerprint density at radius 3 is 1.66 bits per heavy atom. The summed E-state index contributed by atoms with van der Waals surface area (Å²) in [5, 5.41) is 41.4. The number of carbonyl (C=O) groups is 2. The molecule has 2 aromatic carbocycles. The quantitative estimate of drug-likeness (QED) is 0.0625. The van der Waals surface area contributed by atoms with E-state index < -0.39 is 108 Å². The maximum Gasteiger partial charge on any atom is 0.309 e. The zero-order chi connectivity index (χ0) is 52.7. The molecule has 6 aromatic rings. The number of nitrogen functional groups attached to an aromatic ring is 2. The van der Waals surface area contributed by atoms with Gasteiger partial charge in [0.25, 0.3) is 11.3 Å². The van der Waals surface area contributed by atoms with Gasteiger partial charge in [-0.1, -0.05) is 48.5 Å². The number of hydrogen-bond acceptors (Lipinski definition) is 19. The molecule has 74 heavy (non-hydrogen) atoms. The standard InChI is InChI=1S/C22H25F2N7O5S.C22H24F2N6O6S/c23-22(24)18(33)13-3-1-2-4-14(13)21(22,34)8-7-15(32)30-37(35)29-9-12-5-6-16(36-12)31-11-28-17-19(25)26-10-27-20(17)31;23-22(24)18(32)13-3-1-2-4-14(13)21(22,33)8-7-15(31)29-37(34)35-9-12-5-6-16(36-12)30-11-28-17-19(25)26-10-27-20(17)30/h1-4,10-12,16,18,29,33-34H,5-9H2,(H,30,32)(H2,25,26,27);1-4,10-12,16,18,32-33H,5-9H2,(H,29,31)(H2,25,26,27). The second kappa shape index (κ2) is 20.8. The molecule has 11 N–H and O–H groups in total. The predicted octanol–water partition coefficient (Wildman–Crippen LogP) is 1.87. The number of alkyl halides is 4. The highest BCUT2D eigenvalue weighted by Gasteiger charge is 2.66. The van der Waals surface area contributed by atoms with Crippen LogP contribution in [0.4, 0.5) is 29.2 Å². The Labute approximate surface area is 421 Å². The highest BCUT2D eigenvalue weighted by Crippen LogP contribution is 2.57. The van der Waals surface area contributed by atoms with Gasteiger partial charge in [0.2, 0.25) is 11.8 Å². The van der Waals surface area contributed by atoms with Gasteiger partial charge in [-0.25, -0.2) is 43.0 Å². The van der Waals surface area contributed by atoms with Gasteiger partial charge >= 0.3 is 11.8 Å². The number of halogens is 4. The zero-order valence-corrected chi connectivity index (χ0v) is 40.3. The minimum absolute atomic E-state index is 0.0878. The van der Waals surface area contributed by atoms with E-state index in [0.29, 0.717) is 48.0 Å². The molecule has 4 aromatic heterocycles. The van der Waals surface area contributed by atoms with Crippen molar-refractivity contribution in [1.29, 1.82) is 0 Å². The van der Waals surface area contributed by atoms with Gasteiger partial charge in [0, 0.05) is 19.4 Å². The normalized spacial score (nSPS) is 27.3. The first-order valence-electron chi connectivity index (χ1n) is 22.9. The van der Waals surface area contributed by atoms with Crippen molar-refractivity contribution in [1.82, 2.24) is 53.2 Å². The molecule has 0 bridgehead atoms. The predicted molar refractivity (Wildman–Crippen MR) is 251 cm³/mol. The number of aromatic nitrogens is 8. The summed E-state index contributed by atoms with van der Waals surface area (Å²) in [7, 11) is 0. The highest BCUT2D eigenvalue weighted by atomic mass is 32.2. The monoisotopic (exact) mass is 1080 g/mol. The molecule has 2 saturated heterocycles. The molecule has 0 saturated carbocycles. The third-order valence-corrected chi connectivity index (χ3v) is 15.0. The van der Waals surface area contributed by atoms with Crippen molar-refractivity contribution in [3.05, 3.63) is 96.1 Å². The van der Waals surface area contributed by atoms with E-state index >= 15 is 0 Å². The smallest absolute Gasteiger partial charge is 0.309 e. The van der Waals surface area contributed by atoms with Crippen LogP contribution in [0, 0.1) is 0 Å². The summed E-state index contributed by atoms with van der Waals surface area (Å²) >= 11 is -4.27. The number of aliphatic hydroxyl groups is 4. The molecule has 10 atom stereocenters. The van der Waals surface area contributed by atoms with E-state index in [4.69, 9.17) is 25.1 Å². The first-order valence-corrected chi connectivity index (χ1v) is 25.2. The van der Waals surface area contributed by atoms with Crippen molar-refractivity contribution in [2.45, 2.75) is 111 Å². The highest BCUT2D eigenvalue weighted by molar-refractivity contribution is 7.81. The Morgan fingerprint density at radius 2 is 1.15 bits per heavy atom. The fraction of sp³-hybridized carbons (Fsp3) is 0.455. The third-order valence-electron chi connectivity index (χ3n) is 13.4. The molecule has 2 aliphatic carbocycles. The number of fused-ring (bicyclic) bond motifs is 4. The number of imidazole rings is 2. The summed E-state index contributed by atoms with van der Waals surface area (Å²) in [6, 6.07) is 11.0. The van der Waals surface area contributed by atoms with Crippen LogP contribution in [0.5, 0.6) is 0 Å². The molecule has 24 nitrogen and oxygen atoms in total. The van der Waals surface area contributed by atoms with E-state index in [9.17, 15) is 56.0 Å². The summed E-state index contributed by atoms with van der Waals surface area (Å²) in [4.78, 5) is 49.1. The van der Waals surface area contributed by atoms with Crippen LogP contribution in [0.25, 0.3) is 22.3 Å². The second-order valence-electron chi connectivity index (χ2n) is 17.9. The van der Waals surface area contributed by atoms with Crippen LogP contribution in [0.2, 0.25) is 0 Å². The number of nitrogens with two attached hydrogens (primary N) is 2. The number of amides is 2. The van der Waals surface area contributed by atoms with E-state index in [1.807, 2.05) is 0 Å². The number of carbonyl (C=O) groups excluding carboxylic acids is 2. The lowest BCUT2D eigenvalue weighted by Gasteiger charge is -2.31. The van der Waals surface area contributed by atoms with Gasteiger partial charge in [0.15, 0.2) is 45.3 Å². The Kier molecular flexibility index (Phi) is 14.8. The Morgan fingerprint density at radius 1 is 0.689 bits per heavy atom. The molecule has 10 rings (SSSR count). The van der Waals surface area contributed by atoms with Crippen LogP contribution in [0.3, 0.4) is 0 Å². The van der Waals surface area contributed by atoms with E-state index in [2.05, 4.69) is 44.1 Å². The fourth-order valence-corrected chi connectivity index (χ4v) is 10.8.